The summed E-state index contributed by atoms with van der Waals surface area (Å²) in [5.74, 6) is -0.120. The molecule has 1 fully saturated rings. The maximum Gasteiger partial charge on any atom is 0.269 e. The van der Waals surface area contributed by atoms with E-state index in [9.17, 15) is 4.79 Å². The fourth-order valence-corrected chi connectivity index (χ4v) is 3.20. The van der Waals surface area contributed by atoms with Crippen LogP contribution in [0.4, 0.5) is 0 Å². The van der Waals surface area contributed by atoms with Crippen molar-refractivity contribution in [2.45, 2.75) is 57.6 Å². The highest BCUT2D eigenvalue weighted by Gasteiger charge is 2.42. The molecule has 1 aromatic carbocycles. The molecular weight excluding hydrogens is 338 g/mol. The molecule has 0 unspecified atom stereocenters. The fourth-order valence-electron chi connectivity index (χ4n) is 3.20. The lowest BCUT2D eigenvalue weighted by molar-refractivity contribution is -0.115. The smallest absolute Gasteiger partial charge is 0.269 e. The highest BCUT2D eigenvalue weighted by molar-refractivity contribution is 6.39. The van der Waals surface area contributed by atoms with Gasteiger partial charge in [-0.15, -0.1) is 12.4 Å². The van der Waals surface area contributed by atoms with E-state index in [1.807, 2.05) is 0 Å². The van der Waals surface area contributed by atoms with Gasteiger partial charge in [0.2, 0.25) is 0 Å². The van der Waals surface area contributed by atoms with Gasteiger partial charge in [-0.2, -0.15) is 0 Å². The van der Waals surface area contributed by atoms with Crippen LogP contribution in [0.25, 0.3) is 0 Å². The third kappa shape index (κ3) is 4.73. The molecule has 6 heteroatoms. The summed E-state index contributed by atoms with van der Waals surface area (Å²) in [6, 6.07) is 8.40. The molecule has 25 heavy (non-hydrogen) atoms. The van der Waals surface area contributed by atoms with Crippen molar-refractivity contribution in [3.63, 3.8) is 0 Å². The van der Waals surface area contributed by atoms with Crippen LogP contribution in [0.5, 0.6) is 0 Å². The van der Waals surface area contributed by atoms with Crippen LogP contribution in [0.3, 0.4) is 0 Å². The van der Waals surface area contributed by atoms with E-state index in [0.717, 1.165) is 31.5 Å². The summed E-state index contributed by atoms with van der Waals surface area (Å²) < 4.78 is 0. The molecule has 2 N–H and O–H groups in total. The third-order valence-electron chi connectivity index (χ3n) is 4.89. The fraction of sp³-hybridized carbons (Fsp3) is 0.579. The van der Waals surface area contributed by atoms with Crippen LogP contribution in [0.2, 0.25) is 0 Å². The van der Waals surface area contributed by atoms with Crippen molar-refractivity contribution in [1.82, 2.24) is 10.6 Å². The molecule has 0 aliphatic carbocycles. The second kappa shape index (κ2) is 7.75. The Kier molecular flexibility index (Phi) is 6.12. The van der Waals surface area contributed by atoms with Crippen molar-refractivity contribution in [2.75, 3.05) is 13.1 Å². The minimum absolute atomic E-state index is 0. The molecule has 0 aromatic heterocycles. The molecule has 0 atom stereocenters. The Bertz CT molecular complexity index is 629. The van der Waals surface area contributed by atoms with Gasteiger partial charge in [0, 0.05) is 25.8 Å². The Morgan fingerprint density at radius 2 is 1.88 bits per heavy atom. The van der Waals surface area contributed by atoms with E-state index in [4.69, 9.17) is 4.84 Å². The lowest BCUT2D eigenvalue weighted by Crippen LogP contribution is -2.43. The number of carbonyl (C=O) groups excluding carboxylic acids is 1. The Labute approximate surface area is 156 Å². The standard InChI is InChI=1S/C19H27N3O2.ClH/c1-18(2,3)15-6-4-14(5-7-15)13-21-17(23)16-12-19(24-22-16)8-10-20-11-9-19;/h4-7,20H,8-13H2,1-3H3,(H,21,23);1H. The maximum atomic E-state index is 12.3. The highest BCUT2D eigenvalue weighted by Crippen LogP contribution is 2.32. The van der Waals surface area contributed by atoms with Crippen LogP contribution >= 0.6 is 12.4 Å². The van der Waals surface area contributed by atoms with E-state index in [-0.39, 0.29) is 29.3 Å². The van der Waals surface area contributed by atoms with Gasteiger partial charge >= 0.3 is 0 Å². The average molecular weight is 366 g/mol. The third-order valence-corrected chi connectivity index (χ3v) is 4.89. The van der Waals surface area contributed by atoms with Gasteiger partial charge in [0.25, 0.3) is 5.91 Å². The van der Waals surface area contributed by atoms with Crippen LogP contribution in [-0.2, 0) is 21.6 Å². The van der Waals surface area contributed by atoms with Gasteiger partial charge in [-0.05, 0) is 29.6 Å². The van der Waals surface area contributed by atoms with Crippen molar-refractivity contribution in [2.24, 2.45) is 5.16 Å². The molecule has 0 saturated carbocycles. The zero-order valence-electron chi connectivity index (χ0n) is 15.2. The van der Waals surface area contributed by atoms with Crippen molar-refractivity contribution in [3.05, 3.63) is 35.4 Å². The Morgan fingerprint density at radius 3 is 2.48 bits per heavy atom. The maximum absolute atomic E-state index is 12.3. The second-order valence-electron chi connectivity index (χ2n) is 7.87. The van der Waals surface area contributed by atoms with Gasteiger partial charge in [0.1, 0.15) is 11.3 Å². The molecule has 2 aliphatic rings. The van der Waals surface area contributed by atoms with E-state index in [1.54, 1.807) is 0 Å². The van der Waals surface area contributed by atoms with Crippen LogP contribution in [0.1, 0.15) is 51.2 Å². The minimum Gasteiger partial charge on any atom is -0.388 e. The van der Waals surface area contributed by atoms with E-state index < -0.39 is 0 Å². The molecule has 0 bridgehead atoms. The SMILES string of the molecule is CC(C)(C)c1ccc(CNC(=O)C2=NOC3(CCNCC3)C2)cc1.Cl. The first-order valence-corrected chi connectivity index (χ1v) is 8.71. The number of rotatable bonds is 3. The molecule has 1 saturated heterocycles. The Hall–Kier alpha value is -1.59. The number of amides is 1. The first kappa shape index (κ1) is 19.7. The largest absolute Gasteiger partial charge is 0.388 e. The lowest BCUT2D eigenvalue weighted by atomic mass is 9.86. The summed E-state index contributed by atoms with van der Waals surface area (Å²) in [4.78, 5) is 17.9. The average Bonchev–Trinajstić information content (AvgIpc) is 2.96. The molecule has 2 heterocycles. The normalized spacial score (nSPS) is 18.9. The van der Waals surface area contributed by atoms with Crippen molar-refractivity contribution in [3.8, 4) is 0 Å². The van der Waals surface area contributed by atoms with Gasteiger partial charge in [0.05, 0.1) is 0 Å². The molecule has 5 nitrogen and oxygen atoms in total. The van der Waals surface area contributed by atoms with Gasteiger partial charge in [-0.3, -0.25) is 4.79 Å². The first-order chi connectivity index (χ1) is 11.4. The predicted molar refractivity (Wildman–Crippen MR) is 102 cm³/mol. The number of hydrogen-bond acceptors (Lipinski definition) is 4. The number of carbonyl (C=O) groups is 1. The van der Waals surface area contributed by atoms with Crippen molar-refractivity contribution >= 4 is 24.0 Å². The van der Waals surface area contributed by atoms with Crippen LogP contribution in [0.15, 0.2) is 29.4 Å². The van der Waals surface area contributed by atoms with Gasteiger partial charge in [-0.1, -0.05) is 50.2 Å². The number of nitrogens with one attached hydrogen (secondary N) is 2. The molecule has 2 aliphatic heterocycles. The number of nitrogens with zero attached hydrogens (tertiary/aromatic N) is 1. The topological polar surface area (TPSA) is 62.7 Å². The minimum atomic E-state index is -0.258. The van der Waals surface area contributed by atoms with Gasteiger partial charge in [0.15, 0.2) is 0 Å². The van der Waals surface area contributed by atoms with Crippen LogP contribution in [-0.4, -0.2) is 30.3 Å². The Morgan fingerprint density at radius 1 is 1.24 bits per heavy atom. The predicted octanol–water partition coefficient (Wildman–Crippen LogP) is 2.92. The van der Waals surface area contributed by atoms with E-state index in [2.05, 4.69) is 60.8 Å². The number of piperidine rings is 1. The number of benzene rings is 1. The van der Waals surface area contributed by atoms with E-state index in [0.29, 0.717) is 18.7 Å². The number of halogens is 1. The highest BCUT2D eigenvalue weighted by atomic mass is 35.5. The lowest BCUT2D eigenvalue weighted by Gasteiger charge is -2.30. The zero-order valence-corrected chi connectivity index (χ0v) is 16.0. The van der Waals surface area contributed by atoms with Crippen LogP contribution < -0.4 is 10.6 Å². The van der Waals surface area contributed by atoms with Gasteiger partial charge < -0.3 is 15.5 Å². The van der Waals surface area contributed by atoms with Crippen molar-refractivity contribution < 1.29 is 9.63 Å². The molecule has 1 aromatic rings. The summed E-state index contributed by atoms with van der Waals surface area (Å²) >= 11 is 0. The molecule has 1 amide bonds. The van der Waals surface area contributed by atoms with Crippen LogP contribution in [0, 0.1) is 0 Å². The first-order valence-electron chi connectivity index (χ1n) is 8.71. The van der Waals surface area contributed by atoms with Gasteiger partial charge in [-0.25, -0.2) is 0 Å². The number of oxime groups is 1. The quantitative estimate of drug-likeness (QED) is 0.865. The Balaban J connectivity index is 0.00000225. The second-order valence-corrected chi connectivity index (χ2v) is 7.87. The summed E-state index contributed by atoms with van der Waals surface area (Å²) in [7, 11) is 0. The summed E-state index contributed by atoms with van der Waals surface area (Å²) in [6.45, 7) is 8.93. The summed E-state index contributed by atoms with van der Waals surface area (Å²) in [5, 5.41) is 10.3. The summed E-state index contributed by atoms with van der Waals surface area (Å²) in [5.41, 5.74) is 2.78. The summed E-state index contributed by atoms with van der Waals surface area (Å²) in [6.07, 6.45) is 2.42. The molecule has 138 valence electrons. The van der Waals surface area contributed by atoms with E-state index >= 15 is 0 Å². The molecular formula is C19H28ClN3O2. The molecule has 3 rings (SSSR count). The molecule has 1 spiro atoms. The zero-order chi connectivity index (χ0) is 17.2. The van der Waals surface area contributed by atoms with E-state index in [1.165, 1.54) is 5.56 Å². The monoisotopic (exact) mass is 365 g/mol. The molecule has 0 radical (unpaired) electrons. The van der Waals surface area contributed by atoms with Crippen molar-refractivity contribution in [1.29, 1.82) is 0 Å². The number of hydrogen-bond donors (Lipinski definition) is 2.